The fourth-order valence-electron chi connectivity index (χ4n) is 4.86. The lowest BCUT2D eigenvalue weighted by Gasteiger charge is -2.53. The van der Waals surface area contributed by atoms with Gasteiger partial charge in [0.05, 0.1) is 0 Å². The molecule has 2 aromatic carbocycles. The van der Waals surface area contributed by atoms with Crippen molar-refractivity contribution in [3.8, 4) is 0 Å². The molecule has 0 saturated carbocycles. The maximum atomic E-state index is 11.6. The van der Waals surface area contributed by atoms with E-state index >= 15 is 0 Å². The lowest BCUT2D eigenvalue weighted by atomic mass is 9.65. The second kappa shape index (κ2) is 7.10. The van der Waals surface area contributed by atoms with Crippen molar-refractivity contribution in [3.63, 3.8) is 0 Å². The van der Waals surface area contributed by atoms with Crippen molar-refractivity contribution in [3.05, 3.63) is 71.3 Å². The molecule has 0 aliphatic carbocycles. The molecule has 2 unspecified atom stereocenters. The van der Waals surface area contributed by atoms with Gasteiger partial charge in [0.15, 0.2) is 0 Å². The van der Waals surface area contributed by atoms with Crippen LogP contribution < -0.4 is 11.1 Å². The number of nitrogens with one attached hydrogen (secondary N) is 1. The molecular formula is C23H29N3O. The van der Waals surface area contributed by atoms with Crippen LogP contribution in [0.25, 0.3) is 0 Å². The zero-order chi connectivity index (χ0) is 19.0. The summed E-state index contributed by atoms with van der Waals surface area (Å²) in [6.45, 7) is 7.81. The largest absolute Gasteiger partial charge is 0.366 e. The number of carbonyl (C=O) groups is 1. The molecule has 1 amide bonds. The van der Waals surface area contributed by atoms with Gasteiger partial charge in [-0.3, -0.25) is 9.69 Å². The van der Waals surface area contributed by atoms with Crippen LogP contribution in [0.4, 0.5) is 0 Å². The molecule has 4 rings (SSSR count). The van der Waals surface area contributed by atoms with Gasteiger partial charge in [-0.2, -0.15) is 0 Å². The Balaban J connectivity index is 1.54. The van der Waals surface area contributed by atoms with Gasteiger partial charge in [0.1, 0.15) is 0 Å². The quantitative estimate of drug-likeness (QED) is 0.881. The van der Waals surface area contributed by atoms with Crippen LogP contribution in [0.1, 0.15) is 47.8 Å². The van der Waals surface area contributed by atoms with Gasteiger partial charge in [0.25, 0.3) is 0 Å². The van der Waals surface area contributed by atoms with Crippen LogP contribution in [0.2, 0.25) is 0 Å². The summed E-state index contributed by atoms with van der Waals surface area (Å²) >= 11 is 0. The fraction of sp³-hybridized carbons (Fsp3) is 0.435. The van der Waals surface area contributed by atoms with Crippen LogP contribution in [-0.4, -0.2) is 36.5 Å². The van der Waals surface area contributed by atoms with Crippen molar-refractivity contribution in [1.82, 2.24) is 10.2 Å². The Morgan fingerprint density at radius 1 is 1.15 bits per heavy atom. The summed E-state index contributed by atoms with van der Waals surface area (Å²) in [7, 11) is 0. The highest BCUT2D eigenvalue weighted by atomic mass is 16.1. The van der Waals surface area contributed by atoms with Crippen LogP contribution >= 0.6 is 0 Å². The molecule has 4 heteroatoms. The van der Waals surface area contributed by atoms with Crippen molar-refractivity contribution < 1.29 is 4.79 Å². The van der Waals surface area contributed by atoms with Crippen LogP contribution in [0.3, 0.4) is 0 Å². The third kappa shape index (κ3) is 3.40. The minimum absolute atomic E-state index is 0.0495. The minimum atomic E-state index is -0.351. The number of benzene rings is 2. The number of fused-ring (bicyclic) bond motifs is 1. The predicted molar refractivity (Wildman–Crippen MR) is 109 cm³/mol. The van der Waals surface area contributed by atoms with Crippen LogP contribution in [-0.2, 0) is 5.41 Å². The summed E-state index contributed by atoms with van der Waals surface area (Å²) in [6.07, 6.45) is 1.09. The van der Waals surface area contributed by atoms with Crippen molar-refractivity contribution in [2.24, 2.45) is 11.7 Å². The lowest BCUT2D eigenvalue weighted by Crippen LogP contribution is -2.60. The van der Waals surface area contributed by atoms with E-state index in [-0.39, 0.29) is 11.3 Å². The lowest BCUT2D eigenvalue weighted by molar-refractivity contribution is 0.0242. The van der Waals surface area contributed by atoms with E-state index in [4.69, 9.17) is 5.73 Å². The molecule has 0 spiro atoms. The number of primary amides is 1. The standard InChI is InChI=1S/C23H29N3O/c1-16-14-26-15-21(17-7-4-3-5-8-17)25-13-20(26)12-23(16,2)19-10-6-9-18(11-19)22(24)27/h3-11,16,20-21,25H,12-15H2,1-2H3,(H2,24,27)/t16?,20?,21-,23-/m1/s1. The van der Waals surface area contributed by atoms with Gasteiger partial charge < -0.3 is 11.1 Å². The molecule has 2 aromatic rings. The number of amides is 1. The summed E-state index contributed by atoms with van der Waals surface area (Å²) in [4.78, 5) is 14.3. The normalized spacial score (nSPS) is 31.3. The molecule has 142 valence electrons. The summed E-state index contributed by atoms with van der Waals surface area (Å²) in [6, 6.07) is 19.6. The Hall–Kier alpha value is -2.17. The molecule has 4 atom stereocenters. The van der Waals surface area contributed by atoms with E-state index in [0.717, 1.165) is 26.1 Å². The smallest absolute Gasteiger partial charge is 0.248 e. The summed E-state index contributed by atoms with van der Waals surface area (Å²) in [5.41, 5.74) is 8.76. The highest BCUT2D eigenvalue weighted by Crippen LogP contribution is 2.43. The molecule has 0 aromatic heterocycles. The van der Waals surface area contributed by atoms with Crippen molar-refractivity contribution in [2.75, 3.05) is 19.6 Å². The molecule has 2 fully saturated rings. The van der Waals surface area contributed by atoms with E-state index in [1.54, 1.807) is 0 Å². The molecule has 3 N–H and O–H groups in total. The maximum Gasteiger partial charge on any atom is 0.248 e. The Kier molecular flexibility index (Phi) is 4.79. The van der Waals surface area contributed by atoms with E-state index in [1.807, 2.05) is 18.2 Å². The van der Waals surface area contributed by atoms with E-state index in [0.29, 0.717) is 23.6 Å². The van der Waals surface area contributed by atoms with Gasteiger partial charge in [0, 0.05) is 37.3 Å². The zero-order valence-corrected chi connectivity index (χ0v) is 16.2. The average molecular weight is 364 g/mol. The van der Waals surface area contributed by atoms with Gasteiger partial charge in [0.2, 0.25) is 5.91 Å². The first kappa shape index (κ1) is 18.2. The van der Waals surface area contributed by atoms with Crippen LogP contribution in [0, 0.1) is 5.92 Å². The monoisotopic (exact) mass is 363 g/mol. The van der Waals surface area contributed by atoms with Crippen LogP contribution in [0.15, 0.2) is 54.6 Å². The van der Waals surface area contributed by atoms with E-state index in [1.165, 1.54) is 11.1 Å². The number of piperidine rings is 1. The summed E-state index contributed by atoms with van der Waals surface area (Å²) in [5.74, 6) is 0.155. The Bertz CT molecular complexity index is 821. The van der Waals surface area contributed by atoms with Gasteiger partial charge in [-0.1, -0.05) is 56.3 Å². The van der Waals surface area contributed by atoms with Crippen molar-refractivity contribution in [2.45, 2.75) is 37.8 Å². The molecule has 27 heavy (non-hydrogen) atoms. The number of nitrogens with two attached hydrogens (primary N) is 1. The van der Waals surface area contributed by atoms with E-state index in [9.17, 15) is 4.79 Å². The average Bonchev–Trinajstić information content (AvgIpc) is 2.69. The predicted octanol–water partition coefficient (Wildman–Crippen LogP) is 3.10. The maximum absolute atomic E-state index is 11.6. The third-order valence-electron chi connectivity index (χ3n) is 6.80. The second-order valence-electron chi connectivity index (χ2n) is 8.45. The highest BCUT2D eigenvalue weighted by Gasteiger charge is 2.44. The molecular weight excluding hydrogens is 334 g/mol. The van der Waals surface area contributed by atoms with Gasteiger partial charge in [-0.25, -0.2) is 0 Å². The Morgan fingerprint density at radius 2 is 1.93 bits per heavy atom. The minimum Gasteiger partial charge on any atom is -0.366 e. The second-order valence-corrected chi connectivity index (χ2v) is 8.45. The number of carbonyl (C=O) groups excluding carboxylic acids is 1. The molecule has 2 aliphatic heterocycles. The molecule has 2 saturated heterocycles. The van der Waals surface area contributed by atoms with Gasteiger partial charge >= 0.3 is 0 Å². The third-order valence-corrected chi connectivity index (χ3v) is 6.80. The van der Waals surface area contributed by atoms with Crippen molar-refractivity contribution in [1.29, 1.82) is 0 Å². The molecule has 2 heterocycles. The van der Waals surface area contributed by atoms with Crippen molar-refractivity contribution >= 4 is 5.91 Å². The number of nitrogens with zero attached hydrogens (tertiary/aromatic N) is 1. The molecule has 0 radical (unpaired) electrons. The zero-order valence-electron chi connectivity index (χ0n) is 16.2. The molecule has 0 bridgehead atoms. The summed E-state index contributed by atoms with van der Waals surface area (Å²) in [5, 5.41) is 3.75. The number of hydrogen-bond donors (Lipinski definition) is 2. The first-order valence-corrected chi connectivity index (χ1v) is 9.90. The SMILES string of the molecule is CC1CN2C[C@H](c3ccccc3)NCC2C[C@@]1(C)c1cccc(C(N)=O)c1. The van der Waals surface area contributed by atoms with E-state index in [2.05, 4.69) is 60.5 Å². The van der Waals surface area contributed by atoms with Gasteiger partial charge in [-0.15, -0.1) is 0 Å². The van der Waals surface area contributed by atoms with Gasteiger partial charge in [-0.05, 0) is 41.0 Å². The number of hydrogen-bond acceptors (Lipinski definition) is 3. The number of piperazine rings is 1. The molecule has 4 nitrogen and oxygen atoms in total. The van der Waals surface area contributed by atoms with Crippen LogP contribution in [0.5, 0.6) is 0 Å². The number of rotatable bonds is 3. The van der Waals surface area contributed by atoms with E-state index < -0.39 is 0 Å². The topological polar surface area (TPSA) is 58.4 Å². The first-order valence-electron chi connectivity index (χ1n) is 9.90. The highest BCUT2D eigenvalue weighted by molar-refractivity contribution is 5.92. The first-order chi connectivity index (χ1) is 13.0. The Labute approximate surface area is 161 Å². The summed E-state index contributed by atoms with van der Waals surface area (Å²) < 4.78 is 0. The molecule has 2 aliphatic rings. The fourth-order valence-corrected chi connectivity index (χ4v) is 4.86. The Morgan fingerprint density at radius 3 is 2.67 bits per heavy atom.